The van der Waals surface area contributed by atoms with E-state index in [2.05, 4.69) is 21.2 Å². The second kappa shape index (κ2) is 8.77. The summed E-state index contributed by atoms with van der Waals surface area (Å²) in [6.07, 6.45) is 5.12. The van der Waals surface area contributed by atoms with E-state index in [1.807, 2.05) is 30.3 Å². The zero-order chi connectivity index (χ0) is 20.1. The predicted molar refractivity (Wildman–Crippen MR) is 107 cm³/mol. The molecule has 0 radical (unpaired) electrons. The minimum absolute atomic E-state index is 0.289. The van der Waals surface area contributed by atoms with Crippen molar-refractivity contribution < 1.29 is 19.0 Å². The molecule has 0 saturated heterocycles. The fourth-order valence-electron chi connectivity index (χ4n) is 3.31. The fraction of sp³-hybridized carbons (Fsp3) is 0.318. The number of pyridine rings is 1. The molecule has 1 aromatic carbocycles. The van der Waals surface area contributed by atoms with Crippen LogP contribution < -0.4 is 9.47 Å². The van der Waals surface area contributed by atoms with Crippen molar-refractivity contribution in [1.29, 1.82) is 0 Å². The highest BCUT2D eigenvalue weighted by Gasteiger charge is 2.27. The van der Waals surface area contributed by atoms with Gasteiger partial charge in [0.2, 0.25) is 0 Å². The first-order chi connectivity index (χ1) is 14.2. The number of fused-ring (bicyclic) bond motifs is 1. The SMILES string of the molecule is CCOC(=O)C1CCc2cc(CCOc3ccc(-c4ccn[nH]4)nc3)ccc2O1. The van der Waals surface area contributed by atoms with E-state index in [9.17, 15) is 4.79 Å². The van der Waals surface area contributed by atoms with E-state index in [-0.39, 0.29) is 5.97 Å². The highest BCUT2D eigenvalue weighted by molar-refractivity contribution is 5.75. The Hall–Kier alpha value is -3.35. The lowest BCUT2D eigenvalue weighted by Gasteiger charge is -2.25. The number of nitrogens with zero attached hydrogens (tertiary/aromatic N) is 2. The number of benzene rings is 1. The van der Waals surface area contributed by atoms with Crippen molar-refractivity contribution in [2.24, 2.45) is 0 Å². The third kappa shape index (κ3) is 4.56. The van der Waals surface area contributed by atoms with Crippen molar-refractivity contribution in [3.8, 4) is 22.9 Å². The van der Waals surface area contributed by atoms with Gasteiger partial charge in [0.1, 0.15) is 11.5 Å². The number of aromatic nitrogens is 3. The summed E-state index contributed by atoms with van der Waals surface area (Å²) in [5.74, 6) is 1.20. The summed E-state index contributed by atoms with van der Waals surface area (Å²) in [6.45, 7) is 2.72. The Kier molecular flexibility index (Phi) is 5.74. The molecule has 3 aromatic rings. The first-order valence-corrected chi connectivity index (χ1v) is 9.76. The van der Waals surface area contributed by atoms with Gasteiger partial charge < -0.3 is 14.2 Å². The minimum Gasteiger partial charge on any atom is -0.492 e. The molecule has 0 aliphatic carbocycles. The van der Waals surface area contributed by atoms with Crippen LogP contribution in [0.4, 0.5) is 0 Å². The van der Waals surface area contributed by atoms with Gasteiger partial charge in [-0.05, 0) is 55.2 Å². The van der Waals surface area contributed by atoms with Crippen molar-refractivity contribution in [2.75, 3.05) is 13.2 Å². The van der Waals surface area contributed by atoms with Crippen molar-refractivity contribution in [2.45, 2.75) is 32.3 Å². The maximum absolute atomic E-state index is 11.9. The summed E-state index contributed by atoms with van der Waals surface area (Å²) in [4.78, 5) is 16.3. The van der Waals surface area contributed by atoms with Crippen LogP contribution in [-0.2, 0) is 22.4 Å². The standard InChI is InChI=1S/C22H23N3O4/c1-2-27-22(26)21-8-4-16-13-15(3-7-20(16)29-21)10-12-28-17-5-6-18(23-14-17)19-9-11-24-25-19/h3,5-7,9,11,13-14,21H,2,4,8,10,12H2,1H3,(H,24,25). The van der Waals surface area contributed by atoms with Crippen molar-refractivity contribution in [3.05, 3.63) is 59.9 Å². The second-order valence-corrected chi connectivity index (χ2v) is 6.79. The van der Waals surface area contributed by atoms with Gasteiger partial charge in [0.25, 0.3) is 0 Å². The maximum atomic E-state index is 11.9. The molecule has 1 N–H and O–H groups in total. The Labute approximate surface area is 169 Å². The minimum atomic E-state index is -0.506. The Bertz CT molecular complexity index is 955. The molecule has 2 aromatic heterocycles. The average molecular weight is 393 g/mol. The summed E-state index contributed by atoms with van der Waals surface area (Å²) < 4.78 is 16.7. The van der Waals surface area contributed by atoms with Crippen LogP contribution in [0.1, 0.15) is 24.5 Å². The second-order valence-electron chi connectivity index (χ2n) is 6.79. The Morgan fingerprint density at radius 1 is 1.28 bits per heavy atom. The molecule has 29 heavy (non-hydrogen) atoms. The highest BCUT2D eigenvalue weighted by atomic mass is 16.6. The monoisotopic (exact) mass is 393 g/mol. The van der Waals surface area contributed by atoms with E-state index in [4.69, 9.17) is 14.2 Å². The van der Waals surface area contributed by atoms with Gasteiger partial charge in [-0.3, -0.25) is 10.1 Å². The smallest absolute Gasteiger partial charge is 0.347 e. The van der Waals surface area contributed by atoms with E-state index in [1.165, 1.54) is 5.56 Å². The molecule has 0 bridgehead atoms. The average Bonchev–Trinajstić information content (AvgIpc) is 3.29. The van der Waals surface area contributed by atoms with Gasteiger partial charge >= 0.3 is 5.97 Å². The number of H-pyrrole nitrogens is 1. The lowest BCUT2D eigenvalue weighted by atomic mass is 9.99. The summed E-state index contributed by atoms with van der Waals surface area (Å²) in [6, 6.07) is 11.7. The van der Waals surface area contributed by atoms with Crippen LogP contribution in [-0.4, -0.2) is 40.5 Å². The van der Waals surface area contributed by atoms with E-state index in [1.54, 1.807) is 19.3 Å². The molecule has 1 unspecified atom stereocenters. The number of rotatable bonds is 7. The van der Waals surface area contributed by atoms with Crippen LogP contribution in [0.3, 0.4) is 0 Å². The Morgan fingerprint density at radius 2 is 2.21 bits per heavy atom. The molecule has 7 nitrogen and oxygen atoms in total. The molecule has 3 heterocycles. The van der Waals surface area contributed by atoms with Crippen molar-refractivity contribution in [1.82, 2.24) is 15.2 Å². The van der Waals surface area contributed by atoms with Gasteiger partial charge in [-0.2, -0.15) is 5.10 Å². The van der Waals surface area contributed by atoms with Crippen LogP contribution in [0, 0.1) is 0 Å². The van der Waals surface area contributed by atoms with Crippen LogP contribution in [0.5, 0.6) is 11.5 Å². The van der Waals surface area contributed by atoms with Gasteiger partial charge in [0.05, 0.1) is 30.8 Å². The molecule has 1 aliphatic rings. The summed E-state index contributed by atoms with van der Waals surface area (Å²) >= 11 is 0. The fourth-order valence-corrected chi connectivity index (χ4v) is 3.31. The first kappa shape index (κ1) is 19.0. The number of ether oxygens (including phenoxy) is 3. The maximum Gasteiger partial charge on any atom is 0.347 e. The van der Waals surface area contributed by atoms with Crippen molar-refractivity contribution in [3.63, 3.8) is 0 Å². The molecule has 150 valence electrons. The number of hydrogen-bond donors (Lipinski definition) is 1. The Balaban J connectivity index is 1.30. The lowest BCUT2D eigenvalue weighted by molar-refractivity contribution is -0.152. The molecule has 0 amide bonds. The highest BCUT2D eigenvalue weighted by Crippen LogP contribution is 2.29. The zero-order valence-electron chi connectivity index (χ0n) is 16.3. The number of carbonyl (C=O) groups is 1. The van der Waals surface area contributed by atoms with Crippen molar-refractivity contribution >= 4 is 5.97 Å². The zero-order valence-corrected chi connectivity index (χ0v) is 16.3. The van der Waals surface area contributed by atoms with Gasteiger partial charge in [-0.1, -0.05) is 12.1 Å². The van der Waals surface area contributed by atoms with Crippen LogP contribution in [0.15, 0.2) is 48.8 Å². The number of aryl methyl sites for hydroxylation is 1. The largest absolute Gasteiger partial charge is 0.492 e. The molecule has 4 rings (SSSR count). The first-order valence-electron chi connectivity index (χ1n) is 9.76. The molecule has 1 aliphatic heterocycles. The molecule has 0 spiro atoms. The topological polar surface area (TPSA) is 86.3 Å². The van der Waals surface area contributed by atoms with E-state index >= 15 is 0 Å². The molecular formula is C22H23N3O4. The number of hydrogen-bond acceptors (Lipinski definition) is 6. The van der Waals surface area contributed by atoms with Gasteiger partial charge in [-0.15, -0.1) is 0 Å². The third-order valence-corrected chi connectivity index (χ3v) is 4.79. The number of carbonyl (C=O) groups excluding carboxylic acids is 1. The molecule has 1 atom stereocenters. The van der Waals surface area contributed by atoms with E-state index in [0.29, 0.717) is 19.6 Å². The summed E-state index contributed by atoms with van der Waals surface area (Å²) in [5.41, 5.74) is 3.99. The summed E-state index contributed by atoms with van der Waals surface area (Å²) in [5, 5.41) is 6.82. The molecule has 7 heteroatoms. The van der Waals surface area contributed by atoms with E-state index < -0.39 is 6.10 Å². The summed E-state index contributed by atoms with van der Waals surface area (Å²) in [7, 11) is 0. The van der Waals surface area contributed by atoms with Gasteiger partial charge in [0.15, 0.2) is 6.10 Å². The van der Waals surface area contributed by atoms with E-state index in [0.717, 1.165) is 41.3 Å². The molecule has 0 saturated carbocycles. The predicted octanol–water partition coefficient (Wildman–Crippen LogP) is 3.35. The van der Waals surface area contributed by atoms with Crippen LogP contribution in [0.2, 0.25) is 0 Å². The normalized spacial score (nSPS) is 15.3. The third-order valence-electron chi connectivity index (χ3n) is 4.79. The quantitative estimate of drug-likeness (QED) is 0.620. The lowest BCUT2D eigenvalue weighted by Crippen LogP contribution is -2.32. The van der Waals surface area contributed by atoms with Crippen LogP contribution >= 0.6 is 0 Å². The molecular weight excluding hydrogens is 370 g/mol. The van der Waals surface area contributed by atoms with Gasteiger partial charge in [-0.25, -0.2) is 4.79 Å². The number of esters is 1. The van der Waals surface area contributed by atoms with Crippen LogP contribution in [0.25, 0.3) is 11.4 Å². The Morgan fingerprint density at radius 3 is 2.97 bits per heavy atom. The molecule has 0 fully saturated rings. The number of nitrogens with one attached hydrogen (secondary N) is 1. The number of aromatic amines is 1. The van der Waals surface area contributed by atoms with Gasteiger partial charge in [0, 0.05) is 12.6 Å².